The summed E-state index contributed by atoms with van der Waals surface area (Å²) in [6.45, 7) is 5.45. The number of aromatic nitrogens is 2. The predicted molar refractivity (Wildman–Crippen MR) is 90.5 cm³/mol. The summed E-state index contributed by atoms with van der Waals surface area (Å²) in [4.78, 5) is 13.5. The van der Waals surface area contributed by atoms with Crippen molar-refractivity contribution in [3.05, 3.63) is 23.8 Å². The average molecular weight is 319 g/mol. The topological polar surface area (TPSA) is 32.3 Å². The van der Waals surface area contributed by atoms with Crippen molar-refractivity contribution in [1.29, 1.82) is 0 Å². The maximum absolute atomic E-state index is 6.12. The Kier molecular flexibility index (Phi) is 3.33. The largest absolute Gasteiger partial charge is 0.351 e. The number of hydrogen-bond donors (Lipinski definition) is 0. The van der Waals surface area contributed by atoms with Gasteiger partial charge in [-0.1, -0.05) is 25.8 Å². The highest BCUT2D eigenvalue weighted by atomic mass is 35.5. The van der Waals surface area contributed by atoms with E-state index in [4.69, 9.17) is 11.6 Å². The lowest BCUT2D eigenvalue weighted by Crippen LogP contribution is -2.47. The average Bonchev–Trinajstić information content (AvgIpc) is 2.96. The van der Waals surface area contributed by atoms with Crippen LogP contribution in [0.15, 0.2) is 18.5 Å². The summed E-state index contributed by atoms with van der Waals surface area (Å²) in [5.41, 5.74) is 2.47. The van der Waals surface area contributed by atoms with Crippen molar-refractivity contribution in [2.75, 3.05) is 23.4 Å². The van der Waals surface area contributed by atoms with Gasteiger partial charge >= 0.3 is 0 Å². The number of anilines is 2. The van der Waals surface area contributed by atoms with Crippen molar-refractivity contribution in [3.63, 3.8) is 0 Å². The second kappa shape index (κ2) is 5.12. The van der Waals surface area contributed by atoms with Crippen molar-refractivity contribution in [1.82, 2.24) is 9.97 Å². The first-order valence-corrected chi connectivity index (χ1v) is 8.71. The van der Waals surface area contributed by atoms with Gasteiger partial charge in [0.1, 0.15) is 5.69 Å². The van der Waals surface area contributed by atoms with Gasteiger partial charge in [-0.2, -0.15) is 4.98 Å². The summed E-state index contributed by atoms with van der Waals surface area (Å²) in [5.74, 6) is 0.999. The molecule has 0 saturated heterocycles. The number of halogens is 1. The third-order valence-corrected chi connectivity index (χ3v) is 6.10. The maximum atomic E-state index is 6.12. The van der Waals surface area contributed by atoms with Gasteiger partial charge in [-0.05, 0) is 37.3 Å². The van der Waals surface area contributed by atoms with Crippen LogP contribution in [0, 0.1) is 5.41 Å². The van der Waals surface area contributed by atoms with E-state index in [-0.39, 0.29) is 5.41 Å². The van der Waals surface area contributed by atoms with Gasteiger partial charge in [-0.25, -0.2) is 4.98 Å². The number of fused-ring (bicyclic) bond motifs is 1. The van der Waals surface area contributed by atoms with Crippen LogP contribution in [0.1, 0.15) is 44.9 Å². The summed E-state index contributed by atoms with van der Waals surface area (Å²) in [6.07, 6.45) is 10.8. The first-order valence-electron chi connectivity index (χ1n) is 8.33. The molecule has 118 valence electrons. The van der Waals surface area contributed by atoms with Crippen molar-refractivity contribution < 1.29 is 0 Å². The van der Waals surface area contributed by atoms with E-state index in [2.05, 4.69) is 33.4 Å². The quantitative estimate of drug-likeness (QED) is 0.732. The van der Waals surface area contributed by atoms with E-state index in [1.54, 1.807) is 0 Å². The molecule has 0 N–H and O–H groups in total. The molecule has 2 fully saturated rings. The minimum atomic E-state index is 0.213. The van der Waals surface area contributed by atoms with Crippen LogP contribution >= 0.6 is 11.6 Å². The predicted octanol–water partition coefficient (Wildman–Crippen LogP) is 4.01. The molecular formula is C17H23ClN4. The van der Waals surface area contributed by atoms with Crippen LogP contribution < -0.4 is 9.80 Å². The standard InChI is InChI=1S/C17H23ClN4/c1-12-17(8-5-9-17)11-22(13-6-3-4-7-13)15-14(21(12)2)10-19-16(18)20-15/h10,13H,1,3-9,11H2,2H3. The Hall–Kier alpha value is -1.29. The van der Waals surface area contributed by atoms with E-state index >= 15 is 0 Å². The lowest BCUT2D eigenvalue weighted by molar-refractivity contribution is 0.186. The molecule has 5 heteroatoms. The summed E-state index contributed by atoms with van der Waals surface area (Å²) in [7, 11) is 2.09. The molecule has 0 unspecified atom stereocenters. The molecule has 2 saturated carbocycles. The summed E-state index contributed by atoms with van der Waals surface area (Å²) in [5, 5.41) is 0.338. The van der Waals surface area contributed by atoms with Crippen LogP contribution in [0.5, 0.6) is 0 Å². The highest BCUT2D eigenvalue weighted by molar-refractivity contribution is 6.28. The fourth-order valence-electron chi connectivity index (χ4n) is 4.36. The minimum absolute atomic E-state index is 0.213. The number of hydrogen-bond acceptors (Lipinski definition) is 4. The minimum Gasteiger partial charge on any atom is -0.351 e. The molecule has 2 heterocycles. The molecule has 4 rings (SSSR count). The van der Waals surface area contributed by atoms with E-state index in [0.29, 0.717) is 11.3 Å². The molecule has 4 nitrogen and oxygen atoms in total. The van der Waals surface area contributed by atoms with Gasteiger partial charge in [-0.15, -0.1) is 0 Å². The molecule has 1 aromatic rings. The molecule has 0 bridgehead atoms. The number of nitrogens with zero attached hydrogens (tertiary/aromatic N) is 4. The third kappa shape index (κ3) is 2.03. The van der Waals surface area contributed by atoms with Gasteiger partial charge in [0.15, 0.2) is 5.82 Å². The van der Waals surface area contributed by atoms with Gasteiger partial charge in [0.05, 0.1) is 6.20 Å². The molecular weight excluding hydrogens is 296 g/mol. The normalized spacial score (nSPS) is 24.4. The van der Waals surface area contributed by atoms with E-state index in [0.717, 1.165) is 18.1 Å². The van der Waals surface area contributed by atoms with Gasteiger partial charge in [0.2, 0.25) is 5.28 Å². The number of rotatable bonds is 1. The summed E-state index contributed by atoms with van der Waals surface area (Å²) >= 11 is 6.12. The second-order valence-electron chi connectivity index (χ2n) is 7.05. The molecule has 0 atom stereocenters. The Labute approximate surface area is 137 Å². The highest BCUT2D eigenvalue weighted by Gasteiger charge is 2.47. The Balaban J connectivity index is 1.83. The van der Waals surface area contributed by atoms with Crippen LogP contribution in [0.3, 0.4) is 0 Å². The molecule has 1 aliphatic heterocycles. The van der Waals surface area contributed by atoms with E-state index in [1.165, 1.54) is 50.6 Å². The molecule has 0 aromatic carbocycles. The van der Waals surface area contributed by atoms with Crippen LogP contribution in [0.2, 0.25) is 5.28 Å². The molecule has 22 heavy (non-hydrogen) atoms. The Morgan fingerprint density at radius 3 is 2.64 bits per heavy atom. The van der Waals surface area contributed by atoms with Crippen LogP contribution in [0.25, 0.3) is 0 Å². The lowest BCUT2D eigenvalue weighted by Gasteiger charge is -2.47. The highest BCUT2D eigenvalue weighted by Crippen LogP contribution is 2.53. The zero-order valence-corrected chi connectivity index (χ0v) is 13.9. The molecule has 0 radical (unpaired) electrons. The first-order chi connectivity index (χ1) is 10.6. The SMILES string of the molecule is C=C1N(C)c2cnc(Cl)nc2N(C2CCCC2)CC12CCC2. The molecule has 1 spiro atoms. The van der Waals surface area contributed by atoms with E-state index < -0.39 is 0 Å². The molecule has 3 aliphatic rings. The van der Waals surface area contributed by atoms with Gasteiger partial charge in [0, 0.05) is 30.7 Å². The molecule has 1 aromatic heterocycles. The van der Waals surface area contributed by atoms with Crippen molar-refractivity contribution in [2.24, 2.45) is 5.41 Å². The Morgan fingerprint density at radius 2 is 2.00 bits per heavy atom. The summed E-state index contributed by atoms with van der Waals surface area (Å²) < 4.78 is 0. The lowest BCUT2D eigenvalue weighted by atomic mass is 9.66. The molecule has 2 aliphatic carbocycles. The van der Waals surface area contributed by atoms with Gasteiger partial charge in [0.25, 0.3) is 0 Å². The van der Waals surface area contributed by atoms with Crippen molar-refractivity contribution >= 4 is 23.1 Å². The fraction of sp³-hybridized carbons (Fsp3) is 0.647. The van der Waals surface area contributed by atoms with Crippen LogP contribution in [0.4, 0.5) is 11.5 Å². The van der Waals surface area contributed by atoms with Gasteiger partial charge in [-0.3, -0.25) is 0 Å². The zero-order valence-electron chi connectivity index (χ0n) is 13.2. The monoisotopic (exact) mass is 318 g/mol. The van der Waals surface area contributed by atoms with Crippen LogP contribution in [-0.2, 0) is 0 Å². The van der Waals surface area contributed by atoms with Crippen molar-refractivity contribution in [2.45, 2.75) is 51.0 Å². The maximum Gasteiger partial charge on any atom is 0.224 e. The molecule has 0 amide bonds. The smallest absolute Gasteiger partial charge is 0.224 e. The van der Waals surface area contributed by atoms with E-state index in [1.807, 2.05) is 6.20 Å². The van der Waals surface area contributed by atoms with Crippen molar-refractivity contribution in [3.8, 4) is 0 Å². The van der Waals surface area contributed by atoms with Crippen LogP contribution in [-0.4, -0.2) is 29.6 Å². The van der Waals surface area contributed by atoms with Gasteiger partial charge < -0.3 is 9.80 Å². The second-order valence-corrected chi connectivity index (χ2v) is 7.39. The Morgan fingerprint density at radius 1 is 1.27 bits per heavy atom. The first kappa shape index (κ1) is 14.3. The fourth-order valence-corrected chi connectivity index (χ4v) is 4.48. The zero-order chi connectivity index (χ0) is 15.3. The summed E-state index contributed by atoms with van der Waals surface area (Å²) in [6, 6.07) is 0.585. The third-order valence-electron chi connectivity index (χ3n) is 5.92. The Bertz CT molecular complexity index is 605. The van der Waals surface area contributed by atoms with E-state index in [9.17, 15) is 0 Å².